The molecule has 0 fully saturated rings. The first-order valence-corrected chi connectivity index (χ1v) is 10.1. The van der Waals surface area contributed by atoms with E-state index in [4.69, 9.17) is 4.42 Å². The SMILES string of the molecule is CSc1ccccc1NC(=O)CN(C)C(=O)[C@H](NC(=O)c1ccco1)C(C)C. The fraction of sp³-hybridized carbons (Fsp3) is 0.350. The summed E-state index contributed by atoms with van der Waals surface area (Å²) in [5.74, 6) is -1.15. The summed E-state index contributed by atoms with van der Waals surface area (Å²) < 4.78 is 5.07. The number of furan rings is 1. The van der Waals surface area contributed by atoms with E-state index in [1.54, 1.807) is 6.07 Å². The van der Waals surface area contributed by atoms with Gasteiger partial charge in [-0.25, -0.2) is 0 Å². The van der Waals surface area contributed by atoms with Crippen molar-refractivity contribution in [3.8, 4) is 0 Å². The highest BCUT2D eigenvalue weighted by molar-refractivity contribution is 7.98. The Morgan fingerprint density at radius 3 is 2.46 bits per heavy atom. The highest BCUT2D eigenvalue weighted by Gasteiger charge is 2.29. The number of rotatable bonds is 8. The topological polar surface area (TPSA) is 91.7 Å². The molecule has 1 heterocycles. The van der Waals surface area contributed by atoms with Crippen molar-refractivity contribution in [1.82, 2.24) is 10.2 Å². The molecule has 0 saturated carbocycles. The molecule has 150 valence electrons. The normalized spacial score (nSPS) is 11.8. The van der Waals surface area contributed by atoms with Crippen molar-refractivity contribution >= 4 is 35.2 Å². The lowest BCUT2D eigenvalue weighted by Gasteiger charge is -2.26. The molecule has 7 nitrogen and oxygen atoms in total. The van der Waals surface area contributed by atoms with Gasteiger partial charge in [0.25, 0.3) is 5.91 Å². The van der Waals surface area contributed by atoms with Gasteiger partial charge in [-0.3, -0.25) is 14.4 Å². The average Bonchev–Trinajstić information content (AvgIpc) is 3.20. The molecule has 28 heavy (non-hydrogen) atoms. The van der Waals surface area contributed by atoms with Crippen LogP contribution in [0.15, 0.2) is 52.0 Å². The van der Waals surface area contributed by atoms with Crippen LogP contribution in [0, 0.1) is 5.92 Å². The number of hydrogen-bond donors (Lipinski definition) is 2. The third-order valence-electron chi connectivity index (χ3n) is 4.10. The Bertz CT molecular complexity index is 821. The number of likely N-dealkylation sites (N-methyl/N-ethyl adjacent to an activating group) is 1. The van der Waals surface area contributed by atoms with E-state index >= 15 is 0 Å². The third kappa shape index (κ3) is 5.63. The van der Waals surface area contributed by atoms with Crippen LogP contribution in [0.2, 0.25) is 0 Å². The van der Waals surface area contributed by atoms with Crippen LogP contribution in [0.1, 0.15) is 24.4 Å². The van der Waals surface area contributed by atoms with E-state index in [0.717, 1.165) is 4.90 Å². The number of carbonyl (C=O) groups excluding carboxylic acids is 3. The van der Waals surface area contributed by atoms with Crippen molar-refractivity contribution in [2.24, 2.45) is 5.92 Å². The fourth-order valence-electron chi connectivity index (χ4n) is 2.60. The lowest BCUT2D eigenvalue weighted by Crippen LogP contribution is -2.51. The number of para-hydroxylation sites is 1. The van der Waals surface area contributed by atoms with E-state index in [1.807, 2.05) is 44.4 Å². The molecule has 8 heteroatoms. The lowest BCUT2D eigenvalue weighted by atomic mass is 10.0. The number of benzene rings is 1. The number of anilines is 1. The number of amides is 3. The molecule has 0 aliphatic heterocycles. The summed E-state index contributed by atoms with van der Waals surface area (Å²) in [4.78, 5) is 39.7. The van der Waals surface area contributed by atoms with E-state index in [2.05, 4.69) is 10.6 Å². The zero-order chi connectivity index (χ0) is 20.7. The standard InChI is InChI=1S/C20H25N3O4S/c1-13(2)18(22-19(25)15-9-7-11-27-15)20(26)23(3)12-17(24)21-14-8-5-6-10-16(14)28-4/h5-11,13,18H,12H2,1-4H3,(H,21,24)(H,22,25)/t18-/m1/s1. The first kappa shape index (κ1) is 21.6. The smallest absolute Gasteiger partial charge is 0.287 e. The summed E-state index contributed by atoms with van der Waals surface area (Å²) in [6.07, 6.45) is 3.32. The van der Waals surface area contributed by atoms with E-state index in [9.17, 15) is 14.4 Å². The zero-order valence-electron chi connectivity index (χ0n) is 16.4. The average molecular weight is 404 g/mol. The van der Waals surface area contributed by atoms with E-state index in [1.165, 1.54) is 36.0 Å². The Kier molecular flexibility index (Phi) is 7.69. The largest absolute Gasteiger partial charge is 0.459 e. The quantitative estimate of drug-likeness (QED) is 0.662. The summed E-state index contributed by atoms with van der Waals surface area (Å²) >= 11 is 1.53. The maximum atomic E-state index is 12.8. The number of hydrogen-bond acceptors (Lipinski definition) is 5. The van der Waals surface area contributed by atoms with Crippen LogP contribution in [0.3, 0.4) is 0 Å². The minimum Gasteiger partial charge on any atom is -0.459 e. The lowest BCUT2D eigenvalue weighted by molar-refractivity contribution is -0.135. The minimum atomic E-state index is -0.770. The summed E-state index contributed by atoms with van der Waals surface area (Å²) in [6, 6.07) is 9.81. The molecule has 0 bridgehead atoms. The molecular weight excluding hydrogens is 378 g/mol. The first-order valence-electron chi connectivity index (χ1n) is 8.85. The molecule has 2 aromatic rings. The highest BCUT2D eigenvalue weighted by atomic mass is 32.2. The van der Waals surface area contributed by atoms with Gasteiger partial charge in [-0.1, -0.05) is 26.0 Å². The number of nitrogens with one attached hydrogen (secondary N) is 2. The Labute approximate surface area is 168 Å². The maximum Gasteiger partial charge on any atom is 0.287 e. The second-order valence-corrected chi connectivity index (χ2v) is 7.46. The predicted octanol–water partition coefficient (Wildman–Crippen LogP) is 2.85. The molecule has 1 aromatic carbocycles. The van der Waals surface area contributed by atoms with Gasteiger partial charge in [0.1, 0.15) is 6.04 Å². The zero-order valence-corrected chi connectivity index (χ0v) is 17.2. The maximum absolute atomic E-state index is 12.8. The van der Waals surface area contributed by atoms with Crippen molar-refractivity contribution < 1.29 is 18.8 Å². The molecule has 0 aliphatic carbocycles. The van der Waals surface area contributed by atoms with Crippen LogP contribution in [-0.4, -0.2) is 48.5 Å². The number of carbonyl (C=O) groups is 3. The van der Waals surface area contributed by atoms with Crippen molar-refractivity contribution in [3.63, 3.8) is 0 Å². The summed E-state index contributed by atoms with van der Waals surface area (Å²) in [5.41, 5.74) is 0.701. The van der Waals surface area contributed by atoms with E-state index in [0.29, 0.717) is 5.69 Å². The second kappa shape index (κ2) is 9.98. The van der Waals surface area contributed by atoms with E-state index < -0.39 is 11.9 Å². The van der Waals surface area contributed by atoms with Gasteiger partial charge in [-0.2, -0.15) is 0 Å². The molecule has 3 amide bonds. The molecule has 0 radical (unpaired) electrons. The molecule has 0 saturated heterocycles. The van der Waals surface area contributed by atoms with Gasteiger partial charge in [0, 0.05) is 11.9 Å². The Hall–Kier alpha value is -2.74. The predicted molar refractivity (Wildman–Crippen MR) is 109 cm³/mol. The minimum absolute atomic E-state index is 0.124. The van der Waals surface area contributed by atoms with Crippen LogP contribution >= 0.6 is 11.8 Å². The van der Waals surface area contributed by atoms with Crippen molar-refractivity contribution in [2.45, 2.75) is 24.8 Å². The van der Waals surface area contributed by atoms with Crippen molar-refractivity contribution in [3.05, 3.63) is 48.4 Å². The van der Waals surface area contributed by atoms with E-state index in [-0.39, 0.29) is 30.0 Å². The fourth-order valence-corrected chi connectivity index (χ4v) is 3.16. The van der Waals surface area contributed by atoms with Crippen molar-refractivity contribution in [1.29, 1.82) is 0 Å². The van der Waals surface area contributed by atoms with Crippen LogP contribution < -0.4 is 10.6 Å². The molecular formula is C20H25N3O4S. The van der Waals surface area contributed by atoms with Gasteiger partial charge >= 0.3 is 0 Å². The second-order valence-electron chi connectivity index (χ2n) is 6.62. The third-order valence-corrected chi connectivity index (χ3v) is 4.90. The van der Waals surface area contributed by atoms with Crippen molar-refractivity contribution in [2.75, 3.05) is 25.2 Å². The highest BCUT2D eigenvalue weighted by Crippen LogP contribution is 2.24. The van der Waals surface area contributed by atoms with Gasteiger partial charge in [-0.15, -0.1) is 11.8 Å². The van der Waals surface area contributed by atoms with Gasteiger partial charge in [0.15, 0.2) is 5.76 Å². The first-order chi connectivity index (χ1) is 13.3. The molecule has 2 N–H and O–H groups in total. The monoisotopic (exact) mass is 403 g/mol. The molecule has 2 rings (SSSR count). The Morgan fingerprint density at radius 2 is 1.86 bits per heavy atom. The van der Waals surface area contributed by atoms with Crippen LogP contribution in [0.25, 0.3) is 0 Å². The van der Waals surface area contributed by atoms with Gasteiger partial charge in [-0.05, 0) is 36.4 Å². The van der Waals surface area contributed by atoms with Crippen LogP contribution in [0.5, 0.6) is 0 Å². The van der Waals surface area contributed by atoms with Gasteiger partial charge in [0.05, 0.1) is 18.5 Å². The van der Waals surface area contributed by atoms with Gasteiger partial charge < -0.3 is 20.0 Å². The molecule has 1 aromatic heterocycles. The molecule has 0 spiro atoms. The molecule has 0 unspecified atom stereocenters. The molecule has 1 atom stereocenters. The van der Waals surface area contributed by atoms with Crippen LogP contribution in [-0.2, 0) is 9.59 Å². The number of nitrogens with zero attached hydrogens (tertiary/aromatic N) is 1. The Morgan fingerprint density at radius 1 is 1.14 bits per heavy atom. The van der Waals surface area contributed by atoms with Crippen LogP contribution in [0.4, 0.5) is 5.69 Å². The summed E-state index contributed by atoms with van der Waals surface area (Å²) in [6.45, 7) is 3.53. The molecule has 0 aliphatic rings. The summed E-state index contributed by atoms with van der Waals surface area (Å²) in [7, 11) is 1.54. The Balaban J connectivity index is 2.00. The number of thioether (sulfide) groups is 1. The summed E-state index contributed by atoms with van der Waals surface area (Å²) in [5, 5.41) is 5.50. The van der Waals surface area contributed by atoms with Gasteiger partial charge in [0.2, 0.25) is 11.8 Å².